The van der Waals surface area contributed by atoms with Crippen LogP contribution in [0.2, 0.25) is 0 Å². The molecule has 10 heteroatoms. The molecule has 5 rings (SSSR count). The third-order valence-corrected chi connectivity index (χ3v) is 9.24. The predicted octanol–water partition coefficient (Wildman–Crippen LogP) is 3.78. The second kappa shape index (κ2) is 7.95. The molecule has 0 atom stereocenters. The number of benzene rings is 1. The van der Waals surface area contributed by atoms with Crippen LogP contribution >= 0.6 is 11.3 Å². The topological polar surface area (TPSA) is 92.4 Å². The summed E-state index contributed by atoms with van der Waals surface area (Å²) < 4.78 is 32.9. The van der Waals surface area contributed by atoms with Gasteiger partial charge in [0.25, 0.3) is 0 Å². The Morgan fingerprint density at radius 3 is 2.38 bits per heavy atom. The lowest BCUT2D eigenvalue weighted by Gasteiger charge is -2.34. The molecule has 1 aliphatic heterocycles. The molecule has 3 aromatic heterocycles. The molecule has 0 unspecified atom stereocenters. The van der Waals surface area contributed by atoms with Crippen molar-refractivity contribution in [3.05, 3.63) is 53.7 Å². The summed E-state index contributed by atoms with van der Waals surface area (Å²) in [5.41, 5.74) is 2.71. The van der Waals surface area contributed by atoms with Gasteiger partial charge in [0.05, 0.1) is 5.39 Å². The smallest absolute Gasteiger partial charge is 0.248 e. The molecule has 0 radical (unpaired) electrons. The Labute approximate surface area is 190 Å². The number of sulfonamides is 1. The summed E-state index contributed by atoms with van der Waals surface area (Å²) in [6.45, 7) is 7.21. The fourth-order valence-corrected chi connectivity index (χ4v) is 7.13. The first kappa shape index (κ1) is 21.0. The molecule has 0 N–H and O–H groups in total. The lowest BCUT2D eigenvalue weighted by atomic mass is 10.1. The molecule has 166 valence electrons. The highest BCUT2D eigenvalue weighted by Crippen LogP contribution is 2.40. The Morgan fingerprint density at radius 2 is 1.72 bits per heavy atom. The fourth-order valence-electron chi connectivity index (χ4n) is 4.27. The number of aryl methyl sites for hydroxylation is 3. The summed E-state index contributed by atoms with van der Waals surface area (Å²) in [7, 11) is -3.65. The average molecular weight is 470 g/mol. The molecule has 1 fully saturated rings. The molecule has 8 nitrogen and oxygen atoms in total. The van der Waals surface area contributed by atoms with Crippen LogP contribution in [0.3, 0.4) is 0 Å². The molecular formula is C22H23N5O3S2. The first-order valence-corrected chi connectivity index (χ1v) is 12.6. The van der Waals surface area contributed by atoms with E-state index < -0.39 is 10.0 Å². The number of hydrogen-bond donors (Lipinski definition) is 0. The summed E-state index contributed by atoms with van der Waals surface area (Å²) in [6.07, 6.45) is 1.59. The van der Waals surface area contributed by atoms with E-state index in [1.54, 1.807) is 31.5 Å². The normalized spacial score (nSPS) is 15.5. The minimum atomic E-state index is -3.65. The van der Waals surface area contributed by atoms with Crippen molar-refractivity contribution in [2.24, 2.45) is 0 Å². The first-order chi connectivity index (χ1) is 15.4. The molecule has 4 heterocycles. The van der Waals surface area contributed by atoms with Crippen molar-refractivity contribution in [1.82, 2.24) is 19.4 Å². The second-order valence-corrected chi connectivity index (χ2v) is 10.7. The van der Waals surface area contributed by atoms with Crippen molar-refractivity contribution >= 4 is 37.4 Å². The largest absolute Gasteiger partial charge is 0.360 e. The Morgan fingerprint density at radius 1 is 1.00 bits per heavy atom. The molecular weight excluding hydrogens is 446 g/mol. The van der Waals surface area contributed by atoms with Crippen LogP contribution in [0.15, 0.2) is 46.1 Å². The average Bonchev–Trinajstić information content (AvgIpc) is 3.33. The SMILES string of the molecule is Cc1noc(C)c1S(=O)(=O)N1CCN(c2ncnc3sc(-c4ccccc4)c(C)c23)CC1. The summed E-state index contributed by atoms with van der Waals surface area (Å²) in [6, 6.07) is 10.3. The van der Waals surface area contributed by atoms with E-state index in [-0.39, 0.29) is 4.90 Å². The lowest BCUT2D eigenvalue weighted by Crippen LogP contribution is -2.49. The quantitative estimate of drug-likeness (QED) is 0.449. The molecule has 0 amide bonds. The number of piperazine rings is 1. The molecule has 0 bridgehead atoms. The van der Waals surface area contributed by atoms with E-state index in [1.165, 1.54) is 9.18 Å². The maximum Gasteiger partial charge on any atom is 0.248 e. The van der Waals surface area contributed by atoms with E-state index in [2.05, 4.69) is 39.1 Å². The molecule has 1 aromatic carbocycles. The number of nitrogens with zero attached hydrogens (tertiary/aromatic N) is 5. The maximum absolute atomic E-state index is 13.1. The number of hydrogen-bond acceptors (Lipinski definition) is 8. The molecule has 32 heavy (non-hydrogen) atoms. The third kappa shape index (κ3) is 3.39. The highest BCUT2D eigenvalue weighted by atomic mass is 32.2. The second-order valence-electron chi connectivity index (χ2n) is 7.84. The van der Waals surface area contributed by atoms with Crippen LogP contribution in [0.1, 0.15) is 17.0 Å². The molecule has 1 saturated heterocycles. The van der Waals surface area contributed by atoms with Gasteiger partial charge < -0.3 is 9.42 Å². The predicted molar refractivity (Wildman–Crippen MR) is 125 cm³/mol. The van der Waals surface area contributed by atoms with Crippen LogP contribution in [0, 0.1) is 20.8 Å². The van der Waals surface area contributed by atoms with Gasteiger partial charge >= 0.3 is 0 Å². The van der Waals surface area contributed by atoms with Gasteiger partial charge in [0.15, 0.2) is 5.76 Å². The highest BCUT2D eigenvalue weighted by Gasteiger charge is 2.34. The van der Waals surface area contributed by atoms with Crippen molar-refractivity contribution in [2.75, 3.05) is 31.1 Å². The van der Waals surface area contributed by atoms with Crippen LogP contribution in [0.4, 0.5) is 5.82 Å². The fraction of sp³-hybridized carbons (Fsp3) is 0.318. The van der Waals surface area contributed by atoms with E-state index in [9.17, 15) is 8.42 Å². The van der Waals surface area contributed by atoms with Crippen LogP contribution in [0.25, 0.3) is 20.7 Å². The van der Waals surface area contributed by atoms with Crippen LogP contribution < -0.4 is 4.90 Å². The van der Waals surface area contributed by atoms with Crippen molar-refractivity contribution in [1.29, 1.82) is 0 Å². The third-order valence-electron chi connectivity index (χ3n) is 5.85. The van der Waals surface area contributed by atoms with Crippen molar-refractivity contribution in [3.8, 4) is 10.4 Å². The Kier molecular flexibility index (Phi) is 5.23. The maximum atomic E-state index is 13.1. The van der Waals surface area contributed by atoms with Gasteiger partial charge in [-0.2, -0.15) is 4.31 Å². The highest BCUT2D eigenvalue weighted by molar-refractivity contribution is 7.89. The van der Waals surface area contributed by atoms with Crippen molar-refractivity contribution in [2.45, 2.75) is 25.7 Å². The standard InChI is InChI=1S/C22H23N5O3S2/c1-14-18-21(23-13-24-22(18)31-19(14)17-7-5-4-6-8-17)26-9-11-27(12-10-26)32(28,29)20-15(2)25-30-16(20)3/h4-8,13H,9-12H2,1-3H3. The van der Waals surface area contributed by atoms with Gasteiger partial charge in [-0.05, 0) is 31.9 Å². The Bertz CT molecular complexity index is 1370. The molecule has 4 aromatic rings. The van der Waals surface area contributed by atoms with E-state index in [1.807, 2.05) is 18.2 Å². The van der Waals surface area contributed by atoms with E-state index in [0.717, 1.165) is 27.2 Å². The van der Waals surface area contributed by atoms with Crippen molar-refractivity contribution < 1.29 is 12.9 Å². The van der Waals surface area contributed by atoms with Gasteiger partial charge in [-0.3, -0.25) is 0 Å². The number of anilines is 1. The summed E-state index contributed by atoms with van der Waals surface area (Å²) in [5, 5.41) is 4.84. The van der Waals surface area contributed by atoms with E-state index in [4.69, 9.17) is 4.52 Å². The molecule has 0 spiro atoms. The summed E-state index contributed by atoms with van der Waals surface area (Å²) >= 11 is 1.66. The number of fused-ring (bicyclic) bond motifs is 1. The zero-order valence-electron chi connectivity index (χ0n) is 18.1. The van der Waals surface area contributed by atoms with Gasteiger partial charge in [0, 0.05) is 31.1 Å². The molecule has 0 aliphatic carbocycles. The van der Waals surface area contributed by atoms with Gasteiger partial charge in [-0.1, -0.05) is 35.5 Å². The zero-order chi connectivity index (χ0) is 22.5. The van der Waals surface area contributed by atoms with Crippen LogP contribution in [0.5, 0.6) is 0 Å². The van der Waals surface area contributed by atoms with E-state index in [0.29, 0.717) is 37.6 Å². The number of rotatable bonds is 4. The van der Waals surface area contributed by atoms with Crippen LogP contribution in [-0.2, 0) is 10.0 Å². The summed E-state index contributed by atoms with van der Waals surface area (Å²) in [5.74, 6) is 1.19. The molecule has 0 saturated carbocycles. The number of aromatic nitrogens is 3. The summed E-state index contributed by atoms with van der Waals surface area (Å²) in [4.78, 5) is 13.6. The van der Waals surface area contributed by atoms with E-state index >= 15 is 0 Å². The van der Waals surface area contributed by atoms with Crippen molar-refractivity contribution in [3.63, 3.8) is 0 Å². The minimum absolute atomic E-state index is 0.177. The molecule has 1 aliphatic rings. The van der Waals surface area contributed by atoms with Gasteiger partial charge in [0.2, 0.25) is 10.0 Å². The lowest BCUT2D eigenvalue weighted by molar-refractivity contribution is 0.378. The van der Waals surface area contributed by atoms with Gasteiger partial charge in [-0.15, -0.1) is 11.3 Å². The van der Waals surface area contributed by atoms with Gasteiger partial charge in [0.1, 0.15) is 27.6 Å². The number of thiophene rings is 1. The Balaban J connectivity index is 1.44. The Hall–Kier alpha value is -2.82. The van der Waals surface area contributed by atoms with Gasteiger partial charge in [-0.25, -0.2) is 18.4 Å². The zero-order valence-corrected chi connectivity index (χ0v) is 19.7. The first-order valence-electron chi connectivity index (χ1n) is 10.4. The minimum Gasteiger partial charge on any atom is -0.360 e. The van der Waals surface area contributed by atoms with Crippen LogP contribution in [-0.4, -0.2) is 54.0 Å². The monoisotopic (exact) mass is 469 g/mol.